The van der Waals surface area contributed by atoms with Crippen LogP contribution >= 0.6 is 0 Å². The van der Waals surface area contributed by atoms with Crippen LogP contribution in [0.1, 0.15) is 16.1 Å². The van der Waals surface area contributed by atoms with Crippen LogP contribution in [0.15, 0.2) is 30.7 Å². The van der Waals surface area contributed by atoms with E-state index in [2.05, 4.69) is 25.6 Å². The summed E-state index contributed by atoms with van der Waals surface area (Å²) >= 11 is 0. The molecule has 0 bridgehead atoms. The highest BCUT2D eigenvalue weighted by Gasteiger charge is 2.07. The van der Waals surface area contributed by atoms with Crippen molar-refractivity contribution in [3.63, 3.8) is 0 Å². The van der Waals surface area contributed by atoms with Crippen LogP contribution in [0.3, 0.4) is 0 Å². The average molecular weight is 273 g/mol. The smallest absolute Gasteiger partial charge is 0.271 e. The van der Waals surface area contributed by atoms with Crippen molar-refractivity contribution < 1.29 is 9.53 Å². The van der Waals surface area contributed by atoms with E-state index in [0.29, 0.717) is 18.2 Å². The van der Waals surface area contributed by atoms with E-state index in [1.54, 1.807) is 32.5 Å². The number of pyridine rings is 1. The minimum Gasteiger partial charge on any atom is -0.481 e. The molecule has 0 atom stereocenters. The standard InChI is InChI=1S/C13H15N5O2/c1-14-11-8-16-10(7-17-11)13(19)18-6-9-3-4-15-12(5-9)20-2/h3-5,7-8H,6H2,1-2H3,(H,14,17)(H,18,19). The zero-order valence-electron chi connectivity index (χ0n) is 11.3. The van der Waals surface area contributed by atoms with Gasteiger partial charge in [-0.25, -0.2) is 15.0 Å². The van der Waals surface area contributed by atoms with Gasteiger partial charge in [0, 0.05) is 25.9 Å². The van der Waals surface area contributed by atoms with Gasteiger partial charge in [-0.2, -0.15) is 0 Å². The number of rotatable bonds is 5. The Bertz CT molecular complexity index is 586. The summed E-state index contributed by atoms with van der Waals surface area (Å²) in [5.41, 5.74) is 1.16. The Morgan fingerprint density at radius 1 is 1.30 bits per heavy atom. The molecule has 1 amide bonds. The Balaban J connectivity index is 1.97. The lowest BCUT2D eigenvalue weighted by Gasteiger charge is -2.06. The number of anilines is 1. The number of nitrogens with one attached hydrogen (secondary N) is 2. The van der Waals surface area contributed by atoms with Crippen LogP contribution in [-0.4, -0.2) is 35.0 Å². The summed E-state index contributed by atoms with van der Waals surface area (Å²) in [6, 6.07) is 3.56. The Labute approximate surface area is 116 Å². The molecule has 0 aliphatic carbocycles. The Kier molecular flexibility index (Phi) is 4.43. The largest absolute Gasteiger partial charge is 0.481 e. The highest BCUT2D eigenvalue weighted by atomic mass is 16.5. The van der Waals surface area contributed by atoms with E-state index in [4.69, 9.17) is 4.74 Å². The van der Waals surface area contributed by atoms with Crippen molar-refractivity contribution in [3.05, 3.63) is 42.0 Å². The SMILES string of the molecule is CNc1cnc(C(=O)NCc2ccnc(OC)c2)cn1. The van der Waals surface area contributed by atoms with E-state index in [9.17, 15) is 4.79 Å². The normalized spacial score (nSPS) is 9.90. The van der Waals surface area contributed by atoms with Crippen LogP contribution in [0, 0.1) is 0 Å². The maximum atomic E-state index is 11.9. The topological polar surface area (TPSA) is 89.0 Å². The Morgan fingerprint density at radius 2 is 2.15 bits per heavy atom. The molecule has 0 aliphatic heterocycles. The summed E-state index contributed by atoms with van der Waals surface area (Å²) < 4.78 is 5.02. The second-order valence-corrected chi connectivity index (χ2v) is 3.93. The summed E-state index contributed by atoms with van der Waals surface area (Å²) in [5.74, 6) is 0.839. The van der Waals surface area contributed by atoms with Gasteiger partial charge >= 0.3 is 0 Å². The summed E-state index contributed by atoms with van der Waals surface area (Å²) in [5, 5.41) is 5.60. The summed E-state index contributed by atoms with van der Waals surface area (Å²) in [7, 11) is 3.28. The molecule has 0 fully saturated rings. The molecule has 2 rings (SSSR count). The summed E-state index contributed by atoms with van der Waals surface area (Å²) in [6.45, 7) is 0.368. The van der Waals surface area contributed by atoms with E-state index in [1.165, 1.54) is 12.4 Å². The highest BCUT2D eigenvalue weighted by Crippen LogP contribution is 2.08. The van der Waals surface area contributed by atoms with Crippen LogP contribution in [0.5, 0.6) is 5.88 Å². The lowest BCUT2D eigenvalue weighted by atomic mass is 10.2. The maximum absolute atomic E-state index is 11.9. The van der Waals surface area contributed by atoms with Gasteiger partial charge in [-0.05, 0) is 11.6 Å². The lowest BCUT2D eigenvalue weighted by molar-refractivity contribution is 0.0945. The van der Waals surface area contributed by atoms with E-state index in [1.807, 2.05) is 0 Å². The summed E-state index contributed by atoms with van der Waals surface area (Å²) in [6.07, 6.45) is 4.56. The van der Waals surface area contributed by atoms with Gasteiger partial charge in [-0.1, -0.05) is 0 Å². The molecule has 0 radical (unpaired) electrons. The molecule has 0 saturated carbocycles. The predicted octanol–water partition coefficient (Wildman–Crippen LogP) is 0.852. The first-order valence-electron chi connectivity index (χ1n) is 6.00. The molecule has 0 unspecified atom stereocenters. The van der Waals surface area contributed by atoms with Crippen molar-refractivity contribution in [1.29, 1.82) is 0 Å². The second-order valence-electron chi connectivity index (χ2n) is 3.93. The van der Waals surface area contributed by atoms with Crippen molar-refractivity contribution >= 4 is 11.7 Å². The van der Waals surface area contributed by atoms with Crippen LogP contribution in [0.25, 0.3) is 0 Å². The predicted molar refractivity (Wildman–Crippen MR) is 73.5 cm³/mol. The molecule has 0 spiro atoms. The number of carbonyl (C=O) groups excluding carboxylic acids is 1. The minimum atomic E-state index is -0.282. The first kappa shape index (κ1) is 13.7. The first-order valence-corrected chi connectivity index (χ1v) is 6.00. The molecule has 2 aromatic rings. The van der Waals surface area contributed by atoms with Crippen molar-refractivity contribution in [2.45, 2.75) is 6.54 Å². The molecule has 0 saturated heterocycles. The Morgan fingerprint density at radius 3 is 2.80 bits per heavy atom. The molecule has 2 heterocycles. The highest BCUT2D eigenvalue weighted by molar-refractivity contribution is 5.91. The lowest BCUT2D eigenvalue weighted by Crippen LogP contribution is -2.24. The van der Waals surface area contributed by atoms with Gasteiger partial charge in [-0.15, -0.1) is 0 Å². The molecule has 2 N–H and O–H groups in total. The third kappa shape index (κ3) is 3.41. The molecular weight excluding hydrogens is 258 g/mol. The second kappa shape index (κ2) is 6.46. The van der Waals surface area contributed by atoms with Crippen molar-refractivity contribution in [2.75, 3.05) is 19.5 Å². The third-order valence-electron chi connectivity index (χ3n) is 2.60. The number of ether oxygens (including phenoxy) is 1. The van der Waals surface area contributed by atoms with E-state index < -0.39 is 0 Å². The molecule has 0 aromatic carbocycles. The van der Waals surface area contributed by atoms with Gasteiger partial charge in [0.1, 0.15) is 11.5 Å². The number of hydrogen-bond acceptors (Lipinski definition) is 6. The Hall–Kier alpha value is -2.70. The number of amides is 1. The maximum Gasteiger partial charge on any atom is 0.271 e. The molecule has 2 aromatic heterocycles. The minimum absolute atomic E-state index is 0.269. The quantitative estimate of drug-likeness (QED) is 0.839. The number of carbonyl (C=O) groups is 1. The zero-order chi connectivity index (χ0) is 14.4. The van der Waals surface area contributed by atoms with Gasteiger partial charge in [0.05, 0.1) is 19.5 Å². The molecule has 0 aliphatic rings. The van der Waals surface area contributed by atoms with Gasteiger partial charge in [0.15, 0.2) is 0 Å². The van der Waals surface area contributed by atoms with Gasteiger partial charge in [0.2, 0.25) is 5.88 Å². The van der Waals surface area contributed by atoms with Crippen LogP contribution in [0.4, 0.5) is 5.82 Å². The number of hydrogen-bond donors (Lipinski definition) is 2. The van der Waals surface area contributed by atoms with Gasteiger partial charge < -0.3 is 15.4 Å². The average Bonchev–Trinajstić information content (AvgIpc) is 2.53. The number of methoxy groups -OCH3 is 1. The molecule has 7 heteroatoms. The molecule has 20 heavy (non-hydrogen) atoms. The van der Waals surface area contributed by atoms with Crippen LogP contribution in [-0.2, 0) is 6.54 Å². The monoisotopic (exact) mass is 273 g/mol. The number of aromatic nitrogens is 3. The molecule has 104 valence electrons. The fourth-order valence-electron chi connectivity index (χ4n) is 1.52. The van der Waals surface area contributed by atoms with Crippen molar-refractivity contribution in [3.8, 4) is 5.88 Å². The fourth-order valence-corrected chi connectivity index (χ4v) is 1.52. The van der Waals surface area contributed by atoms with E-state index >= 15 is 0 Å². The first-order chi connectivity index (χ1) is 9.72. The third-order valence-corrected chi connectivity index (χ3v) is 2.60. The molecule has 7 nitrogen and oxygen atoms in total. The van der Waals surface area contributed by atoms with Crippen LogP contribution < -0.4 is 15.4 Å². The van der Waals surface area contributed by atoms with Gasteiger partial charge in [0.25, 0.3) is 5.91 Å². The number of nitrogens with zero attached hydrogens (tertiary/aromatic N) is 3. The van der Waals surface area contributed by atoms with Crippen LogP contribution in [0.2, 0.25) is 0 Å². The van der Waals surface area contributed by atoms with Crippen molar-refractivity contribution in [1.82, 2.24) is 20.3 Å². The summed E-state index contributed by atoms with van der Waals surface area (Å²) in [4.78, 5) is 23.9. The molecular formula is C13H15N5O2. The van der Waals surface area contributed by atoms with Crippen molar-refractivity contribution in [2.24, 2.45) is 0 Å². The van der Waals surface area contributed by atoms with E-state index in [0.717, 1.165) is 5.56 Å². The fraction of sp³-hybridized carbons (Fsp3) is 0.231. The van der Waals surface area contributed by atoms with Gasteiger partial charge in [-0.3, -0.25) is 4.79 Å². The van der Waals surface area contributed by atoms with E-state index in [-0.39, 0.29) is 11.6 Å². The zero-order valence-corrected chi connectivity index (χ0v) is 11.3.